The molecule has 0 saturated carbocycles. The molecule has 1 N–H and O–H groups in total. The van der Waals surface area contributed by atoms with E-state index in [0.717, 1.165) is 15.7 Å². The standard InChI is InChI=1S/C22H22ClN5O3/c1-2-12-27-21(29)19-20(25-18(28(19)31)14-16-7-10-24-11-8-16)26(22(27)30)13-9-15-3-5-17(23)6-4-15/h3-8,10-11,28H,2,9,12-14H2,1H3. The first-order chi connectivity index (χ1) is 15.0. The number of benzene rings is 1. The average Bonchev–Trinajstić information content (AvgIpc) is 3.09. The van der Waals surface area contributed by atoms with Gasteiger partial charge in [0, 0.05) is 30.5 Å². The number of aromatic nitrogens is 3. The third kappa shape index (κ3) is 4.23. The van der Waals surface area contributed by atoms with Crippen LogP contribution in [0, 0.1) is 5.21 Å². The lowest BCUT2D eigenvalue weighted by Gasteiger charge is -2.19. The topological polar surface area (TPSA) is 96.8 Å². The third-order valence-electron chi connectivity index (χ3n) is 5.24. The molecule has 1 atom stereocenters. The number of hydroxylamine groups is 1. The Bertz CT molecular complexity index is 1230. The minimum atomic E-state index is -0.567. The minimum Gasteiger partial charge on any atom is -0.622 e. The van der Waals surface area contributed by atoms with Gasteiger partial charge < -0.3 is 5.21 Å². The molecule has 9 heteroatoms. The number of pyridine rings is 1. The Hall–Kier alpha value is -3.07. The molecule has 160 valence electrons. The van der Waals surface area contributed by atoms with Gasteiger partial charge in [-0.15, -0.1) is 0 Å². The number of fused-ring (bicyclic) bond motifs is 1. The molecule has 8 nitrogen and oxygen atoms in total. The molecule has 3 heterocycles. The summed E-state index contributed by atoms with van der Waals surface area (Å²) < 4.78 is 2.59. The van der Waals surface area contributed by atoms with Crippen molar-refractivity contribution in [2.45, 2.75) is 39.3 Å². The molecule has 1 aliphatic heterocycles. The lowest BCUT2D eigenvalue weighted by molar-refractivity contribution is -0.666. The van der Waals surface area contributed by atoms with Crippen LogP contribution in [0.5, 0.6) is 0 Å². The van der Waals surface area contributed by atoms with Gasteiger partial charge in [0.15, 0.2) is 0 Å². The van der Waals surface area contributed by atoms with Gasteiger partial charge >= 0.3 is 11.2 Å². The minimum absolute atomic E-state index is 0.0202. The van der Waals surface area contributed by atoms with Crippen LogP contribution in [0.1, 0.15) is 24.5 Å². The van der Waals surface area contributed by atoms with Gasteiger partial charge in [-0.2, -0.15) is 4.99 Å². The number of hydrogen-bond donors (Lipinski definition) is 1. The number of halogens is 1. The van der Waals surface area contributed by atoms with E-state index in [0.29, 0.717) is 24.4 Å². The highest BCUT2D eigenvalue weighted by molar-refractivity contribution is 6.30. The van der Waals surface area contributed by atoms with E-state index in [9.17, 15) is 14.8 Å². The van der Waals surface area contributed by atoms with E-state index in [1.807, 2.05) is 19.1 Å². The van der Waals surface area contributed by atoms with Crippen LogP contribution in [0.15, 0.2) is 63.4 Å². The average molecular weight is 440 g/mol. The molecule has 0 fully saturated rings. The van der Waals surface area contributed by atoms with E-state index in [1.165, 1.54) is 4.57 Å². The Morgan fingerprint density at radius 2 is 1.71 bits per heavy atom. The summed E-state index contributed by atoms with van der Waals surface area (Å²) in [6.45, 7) is 2.43. The van der Waals surface area contributed by atoms with E-state index in [4.69, 9.17) is 11.6 Å². The summed E-state index contributed by atoms with van der Waals surface area (Å²) in [5.74, 6) is 0.414. The molecule has 31 heavy (non-hydrogen) atoms. The zero-order chi connectivity index (χ0) is 22.0. The number of hydrogen-bond acceptors (Lipinski definition) is 5. The van der Waals surface area contributed by atoms with Crippen molar-refractivity contribution >= 4 is 28.9 Å². The van der Waals surface area contributed by atoms with Crippen LogP contribution in [-0.2, 0) is 25.9 Å². The Balaban J connectivity index is 1.75. The molecule has 0 aliphatic carbocycles. The van der Waals surface area contributed by atoms with Crippen LogP contribution in [0.3, 0.4) is 0 Å². The summed E-state index contributed by atoms with van der Waals surface area (Å²) in [5.41, 5.74) is 0.819. The number of aryl methyl sites for hydroxylation is 1. The smallest absolute Gasteiger partial charge is 0.332 e. The van der Waals surface area contributed by atoms with Crippen molar-refractivity contribution < 1.29 is 5.06 Å². The number of rotatable bonds is 7. The fraction of sp³-hybridized carbons (Fsp3) is 0.273. The maximum Gasteiger partial charge on any atom is 0.332 e. The predicted molar refractivity (Wildman–Crippen MR) is 119 cm³/mol. The quantitative estimate of drug-likeness (QED) is 0.569. The monoisotopic (exact) mass is 439 g/mol. The van der Waals surface area contributed by atoms with Crippen molar-refractivity contribution in [3.8, 4) is 0 Å². The molecule has 0 amide bonds. The second-order valence-corrected chi connectivity index (χ2v) is 7.82. The first-order valence-corrected chi connectivity index (χ1v) is 10.5. The molecule has 0 bridgehead atoms. The van der Waals surface area contributed by atoms with E-state index in [-0.39, 0.29) is 30.3 Å². The summed E-state index contributed by atoms with van der Waals surface area (Å²) in [6.07, 6.45) is 4.69. The van der Waals surface area contributed by atoms with Crippen molar-refractivity contribution in [1.29, 1.82) is 0 Å². The maximum atomic E-state index is 13.1. The van der Waals surface area contributed by atoms with Gasteiger partial charge in [0.1, 0.15) is 0 Å². The lowest BCUT2D eigenvalue weighted by atomic mass is 10.1. The van der Waals surface area contributed by atoms with E-state index in [1.54, 1.807) is 36.7 Å². The highest BCUT2D eigenvalue weighted by Crippen LogP contribution is 2.22. The van der Waals surface area contributed by atoms with Crippen LogP contribution in [0.2, 0.25) is 5.02 Å². The highest BCUT2D eigenvalue weighted by atomic mass is 35.5. The molecule has 0 saturated heterocycles. The van der Waals surface area contributed by atoms with Crippen LogP contribution < -0.4 is 16.3 Å². The van der Waals surface area contributed by atoms with Gasteiger partial charge in [0.25, 0.3) is 0 Å². The van der Waals surface area contributed by atoms with Gasteiger partial charge in [0.2, 0.25) is 17.3 Å². The van der Waals surface area contributed by atoms with Crippen LogP contribution in [0.4, 0.5) is 11.5 Å². The fourth-order valence-corrected chi connectivity index (χ4v) is 3.78. The second kappa shape index (κ2) is 8.97. The summed E-state index contributed by atoms with van der Waals surface area (Å²) in [4.78, 5) is 34.5. The third-order valence-corrected chi connectivity index (χ3v) is 5.49. The summed E-state index contributed by atoms with van der Waals surface area (Å²) >= 11 is 5.95. The van der Waals surface area contributed by atoms with Crippen molar-refractivity contribution in [2.75, 3.05) is 0 Å². The Morgan fingerprint density at radius 1 is 1.00 bits per heavy atom. The molecule has 4 rings (SSSR count). The number of nitrogens with zero attached hydrogens (tertiary/aromatic N) is 4. The molecule has 0 radical (unpaired) electrons. The number of nitrogens with one attached hydrogen (secondary N) is 1. The van der Waals surface area contributed by atoms with Gasteiger partial charge in [0.05, 0.1) is 6.42 Å². The van der Waals surface area contributed by atoms with Gasteiger partial charge in [-0.1, -0.05) is 30.7 Å². The van der Waals surface area contributed by atoms with Crippen LogP contribution in [0.25, 0.3) is 0 Å². The molecule has 1 aliphatic rings. The molecule has 1 unspecified atom stereocenters. The first-order valence-electron chi connectivity index (χ1n) is 10.1. The van der Waals surface area contributed by atoms with E-state index >= 15 is 0 Å². The number of amidine groups is 1. The van der Waals surface area contributed by atoms with Crippen molar-refractivity contribution in [1.82, 2.24) is 14.1 Å². The Labute approximate surface area is 183 Å². The predicted octanol–water partition coefficient (Wildman–Crippen LogP) is 2.01. The Kier molecular flexibility index (Phi) is 6.13. The van der Waals surface area contributed by atoms with Crippen LogP contribution >= 0.6 is 11.6 Å². The Morgan fingerprint density at radius 3 is 2.39 bits per heavy atom. The zero-order valence-corrected chi connectivity index (χ0v) is 17.8. The molecular weight excluding hydrogens is 418 g/mol. The van der Waals surface area contributed by atoms with Gasteiger partial charge in [-0.3, -0.25) is 24.0 Å². The summed E-state index contributed by atoms with van der Waals surface area (Å²) in [7, 11) is 0. The van der Waals surface area contributed by atoms with E-state index in [2.05, 4.69) is 9.98 Å². The maximum absolute atomic E-state index is 13.1. The molecular formula is C22H22ClN5O3. The SMILES string of the molecule is CCCn1c(=O)c2c(n(CCc3ccc(Cl)cc3)c1=O)N=C(Cc1ccncc1)[NH+]2[O-]. The molecule has 1 aromatic carbocycles. The summed E-state index contributed by atoms with van der Waals surface area (Å²) in [6, 6.07) is 10.9. The molecule has 3 aromatic rings. The van der Waals surface area contributed by atoms with Crippen LogP contribution in [-0.4, -0.2) is 20.0 Å². The number of quaternary nitrogens is 1. The van der Waals surface area contributed by atoms with Crippen molar-refractivity contribution in [3.05, 3.63) is 91.0 Å². The van der Waals surface area contributed by atoms with Crippen molar-refractivity contribution in [2.24, 2.45) is 4.99 Å². The normalized spacial score (nSPS) is 15.1. The first kappa shape index (κ1) is 21.2. The summed E-state index contributed by atoms with van der Waals surface area (Å²) in [5, 5.41) is 13.3. The van der Waals surface area contributed by atoms with Gasteiger partial charge in [-0.25, -0.2) is 4.79 Å². The molecule has 2 aromatic heterocycles. The fourth-order valence-electron chi connectivity index (χ4n) is 3.65. The molecule has 0 spiro atoms. The van der Waals surface area contributed by atoms with Gasteiger partial charge in [-0.05, 0) is 48.2 Å². The zero-order valence-electron chi connectivity index (χ0n) is 17.0. The lowest BCUT2D eigenvalue weighted by Crippen LogP contribution is -3.05. The number of aliphatic imine (C=N–C) groups is 1. The largest absolute Gasteiger partial charge is 0.622 e. The van der Waals surface area contributed by atoms with E-state index < -0.39 is 16.3 Å². The second-order valence-electron chi connectivity index (χ2n) is 7.39. The van der Waals surface area contributed by atoms with Crippen molar-refractivity contribution in [3.63, 3.8) is 0 Å². The highest BCUT2D eigenvalue weighted by Gasteiger charge is 2.32.